The van der Waals surface area contributed by atoms with Crippen LogP contribution in [0.2, 0.25) is 0 Å². The molecule has 1 aromatic rings. The fourth-order valence-electron chi connectivity index (χ4n) is 1.23. The summed E-state index contributed by atoms with van der Waals surface area (Å²) in [5.74, 6) is -1.82. The first-order chi connectivity index (χ1) is 8.20. The molecule has 0 aliphatic carbocycles. The molecular formula is C13H14F2O3. The van der Waals surface area contributed by atoms with Gasteiger partial charge in [0.1, 0.15) is 5.60 Å². The van der Waals surface area contributed by atoms with Gasteiger partial charge < -0.3 is 4.74 Å². The van der Waals surface area contributed by atoms with Crippen molar-refractivity contribution in [1.82, 2.24) is 0 Å². The number of Topliss-reactive ketones (excluding diaryl/α,β-unsaturated/α-hetero) is 1. The summed E-state index contributed by atoms with van der Waals surface area (Å²) in [7, 11) is 0. The lowest BCUT2D eigenvalue weighted by Crippen LogP contribution is -2.23. The first-order valence-electron chi connectivity index (χ1n) is 5.36. The van der Waals surface area contributed by atoms with Crippen LogP contribution in [-0.4, -0.2) is 23.8 Å². The number of carbonyl (C=O) groups excluding carboxylic acids is 2. The van der Waals surface area contributed by atoms with Crippen molar-refractivity contribution in [3.05, 3.63) is 35.4 Å². The van der Waals surface area contributed by atoms with E-state index in [-0.39, 0.29) is 11.1 Å². The van der Waals surface area contributed by atoms with Crippen molar-refractivity contribution in [2.75, 3.05) is 0 Å². The van der Waals surface area contributed by atoms with Crippen LogP contribution in [0.5, 0.6) is 0 Å². The maximum Gasteiger partial charge on any atom is 0.338 e. The van der Waals surface area contributed by atoms with E-state index < -0.39 is 23.8 Å². The van der Waals surface area contributed by atoms with Gasteiger partial charge >= 0.3 is 12.4 Å². The number of benzene rings is 1. The number of ketones is 1. The van der Waals surface area contributed by atoms with Gasteiger partial charge in [-0.25, -0.2) is 13.6 Å². The van der Waals surface area contributed by atoms with Crippen molar-refractivity contribution < 1.29 is 23.1 Å². The lowest BCUT2D eigenvalue weighted by atomic mass is 10.1. The van der Waals surface area contributed by atoms with Gasteiger partial charge in [-0.05, 0) is 32.9 Å². The van der Waals surface area contributed by atoms with Gasteiger partial charge in [0.05, 0.1) is 5.56 Å². The summed E-state index contributed by atoms with van der Waals surface area (Å²) in [5.41, 5.74) is -0.540. The molecule has 0 fully saturated rings. The molecule has 0 spiro atoms. The van der Waals surface area contributed by atoms with Gasteiger partial charge in [-0.3, -0.25) is 4.79 Å². The van der Waals surface area contributed by atoms with E-state index in [0.717, 1.165) is 0 Å². The maximum absolute atomic E-state index is 12.2. The Labute approximate surface area is 104 Å². The molecule has 98 valence electrons. The second-order valence-corrected chi connectivity index (χ2v) is 4.74. The number of hydrogen-bond donors (Lipinski definition) is 0. The molecule has 0 amide bonds. The number of esters is 1. The van der Waals surface area contributed by atoms with Crippen molar-refractivity contribution >= 4 is 11.8 Å². The van der Waals surface area contributed by atoms with E-state index in [4.69, 9.17) is 4.74 Å². The Bertz CT molecular complexity index is 444. The lowest BCUT2D eigenvalue weighted by Gasteiger charge is -2.19. The largest absolute Gasteiger partial charge is 0.456 e. The fraction of sp³-hybridized carbons (Fsp3) is 0.385. The van der Waals surface area contributed by atoms with Crippen LogP contribution in [0.15, 0.2) is 24.3 Å². The SMILES string of the molecule is CC(C)(C)OC(=O)c1ccc(C(=O)C(F)F)cc1. The van der Waals surface area contributed by atoms with Crippen molar-refractivity contribution in [2.45, 2.75) is 32.8 Å². The molecule has 18 heavy (non-hydrogen) atoms. The first-order valence-corrected chi connectivity index (χ1v) is 5.36. The molecular weight excluding hydrogens is 242 g/mol. The zero-order chi connectivity index (χ0) is 13.9. The molecule has 3 nitrogen and oxygen atoms in total. The van der Waals surface area contributed by atoms with Crippen LogP contribution in [-0.2, 0) is 4.74 Å². The average Bonchev–Trinajstić information content (AvgIpc) is 2.26. The molecule has 0 radical (unpaired) electrons. The maximum atomic E-state index is 12.2. The summed E-state index contributed by atoms with van der Waals surface area (Å²) in [6.07, 6.45) is -3.04. The van der Waals surface area contributed by atoms with E-state index in [9.17, 15) is 18.4 Å². The third-order valence-corrected chi connectivity index (χ3v) is 2.00. The van der Waals surface area contributed by atoms with Crippen molar-refractivity contribution in [1.29, 1.82) is 0 Å². The molecule has 0 N–H and O–H groups in total. The zero-order valence-electron chi connectivity index (χ0n) is 10.4. The Morgan fingerprint density at radius 3 is 1.89 bits per heavy atom. The van der Waals surface area contributed by atoms with Gasteiger partial charge in [-0.1, -0.05) is 12.1 Å². The van der Waals surface area contributed by atoms with Crippen LogP contribution < -0.4 is 0 Å². The number of rotatable bonds is 3. The van der Waals surface area contributed by atoms with Crippen LogP contribution in [0.1, 0.15) is 41.5 Å². The molecule has 1 rings (SSSR count). The van der Waals surface area contributed by atoms with E-state index in [1.165, 1.54) is 24.3 Å². The van der Waals surface area contributed by atoms with Crippen molar-refractivity contribution in [3.63, 3.8) is 0 Å². The van der Waals surface area contributed by atoms with E-state index >= 15 is 0 Å². The third kappa shape index (κ3) is 3.91. The second-order valence-electron chi connectivity index (χ2n) is 4.74. The lowest BCUT2D eigenvalue weighted by molar-refractivity contribution is 0.00693. The summed E-state index contributed by atoms with van der Waals surface area (Å²) < 4.78 is 29.4. The second kappa shape index (κ2) is 5.25. The molecule has 0 aliphatic heterocycles. The topological polar surface area (TPSA) is 43.4 Å². The van der Waals surface area contributed by atoms with E-state index in [2.05, 4.69) is 0 Å². The van der Waals surface area contributed by atoms with E-state index in [1.807, 2.05) is 0 Å². The molecule has 1 aromatic carbocycles. The Kier molecular flexibility index (Phi) is 4.16. The van der Waals surface area contributed by atoms with Crippen LogP contribution >= 0.6 is 0 Å². The minimum absolute atomic E-state index is 0.127. The third-order valence-electron chi connectivity index (χ3n) is 2.00. The molecule has 0 aliphatic rings. The van der Waals surface area contributed by atoms with Crippen LogP contribution in [0.3, 0.4) is 0 Å². The standard InChI is InChI=1S/C13H14F2O3/c1-13(2,3)18-12(17)9-6-4-8(5-7-9)10(16)11(14)15/h4-7,11H,1-3H3. The molecule has 5 heteroatoms. The normalized spacial score (nSPS) is 11.4. The van der Waals surface area contributed by atoms with Gasteiger partial charge in [0.25, 0.3) is 0 Å². The van der Waals surface area contributed by atoms with E-state index in [1.54, 1.807) is 20.8 Å². The highest BCUT2D eigenvalue weighted by molar-refractivity contribution is 5.99. The van der Waals surface area contributed by atoms with Gasteiger partial charge in [-0.2, -0.15) is 0 Å². The first kappa shape index (κ1) is 14.3. The average molecular weight is 256 g/mol. The predicted octanol–water partition coefficient (Wildman–Crippen LogP) is 3.09. The van der Waals surface area contributed by atoms with Gasteiger partial charge in [0, 0.05) is 5.56 Å². The van der Waals surface area contributed by atoms with Crippen LogP contribution in [0.25, 0.3) is 0 Å². The molecule has 0 saturated heterocycles. The highest BCUT2D eigenvalue weighted by Gasteiger charge is 2.20. The highest BCUT2D eigenvalue weighted by Crippen LogP contribution is 2.14. The fourth-order valence-corrected chi connectivity index (χ4v) is 1.23. The van der Waals surface area contributed by atoms with Gasteiger partial charge in [-0.15, -0.1) is 0 Å². The molecule has 0 atom stereocenters. The van der Waals surface area contributed by atoms with Crippen LogP contribution in [0, 0.1) is 0 Å². The number of carbonyl (C=O) groups is 2. The smallest absolute Gasteiger partial charge is 0.338 e. The molecule has 0 saturated carbocycles. The zero-order valence-corrected chi connectivity index (χ0v) is 10.4. The molecule has 0 unspecified atom stereocenters. The van der Waals surface area contributed by atoms with Crippen molar-refractivity contribution in [2.24, 2.45) is 0 Å². The molecule has 0 bridgehead atoms. The van der Waals surface area contributed by atoms with Crippen LogP contribution in [0.4, 0.5) is 8.78 Å². The highest BCUT2D eigenvalue weighted by atomic mass is 19.3. The minimum atomic E-state index is -3.04. The van der Waals surface area contributed by atoms with E-state index in [0.29, 0.717) is 0 Å². The molecule has 0 heterocycles. The number of halogens is 2. The quantitative estimate of drug-likeness (QED) is 0.616. The number of hydrogen-bond acceptors (Lipinski definition) is 3. The summed E-state index contributed by atoms with van der Waals surface area (Å²) >= 11 is 0. The van der Waals surface area contributed by atoms with Crippen molar-refractivity contribution in [3.8, 4) is 0 Å². The Balaban J connectivity index is 2.83. The Morgan fingerprint density at radius 2 is 1.50 bits per heavy atom. The number of ether oxygens (including phenoxy) is 1. The van der Waals surface area contributed by atoms with Gasteiger partial charge in [0.2, 0.25) is 5.78 Å². The summed E-state index contributed by atoms with van der Waals surface area (Å²) in [4.78, 5) is 22.6. The Hall–Kier alpha value is -1.78. The Morgan fingerprint density at radius 1 is 1.06 bits per heavy atom. The minimum Gasteiger partial charge on any atom is -0.456 e. The molecule has 0 aromatic heterocycles. The summed E-state index contributed by atoms with van der Waals surface area (Å²) in [6.45, 7) is 5.17. The van der Waals surface area contributed by atoms with Gasteiger partial charge in [0.15, 0.2) is 0 Å². The number of alkyl halides is 2. The monoisotopic (exact) mass is 256 g/mol. The summed E-state index contributed by atoms with van der Waals surface area (Å²) in [5, 5.41) is 0. The summed E-state index contributed by atoms with van der Waals surface area (Å²) in [6, 6.07) is 4.97. The predicted molar refractivity (Wildman–Crippen MR) is 61.9 cm³/mol.